The zero-order chi connectivity index (χ0) is 14.3. The lowest BCUT2D eigenvalue weighted by atomic mass is 10.2. The van der Waals surface area contributed by atoms with Gasteiger partial charge in [-0.1, -0.05) is 16.9 Å². The Bertz CT molecular complexity index is 776. The van der Waals surface area contributed by atoms with Crippen molar-refractivity contribution in [2.45, 2.75) is 38.5 Å². The predicted molar refractivity (Wildman–Crippen MR) is 82.4 cm³/mol. The Balaban J connectivity index is 1.97. The van der Waals surface area contributed by atoms with E-state index in [4.69, 9.17) is 4.52 Å². The summed E-state index contributed by atoms with van der Waals surface area (Å²) in [6, 6.07) is 1.96. The zero-order valence-electron chi connectivity index (χ0n) is 11.9. The molecule has 3 heterocycles. The third kappa shape index (κ3) is 2.45. The SMILES string of the molecule is Cc1nc(SCc2cc(C)on2)c2c(C)c(C)sc2n1. The maximum atomic E-state index is 5.10. The van der Waals surface area contributed by atoms with Crippen LogP contribution in [-0.2, 0) is 5.75 Å². The maximum Gasteiger partial charge on any atom is 0.133 e. The molecule has 0 amide bonds. The van der Waals surface area contributed by atoms with Crippen molar-refractivity contribution < 1.29 is 4.52 Å². The Labute approximate surface area is 125 Å². The second kappa shape index (κ2) is 5.18. The van der Waals surface area contributed by atoms with Gasteiger partial charge >= 0.3 is 0 Å². The lowest BCUT2D eigenvalue weighted by Gasteiger charge is -2.03. The van der Waals surface area contributed by atoms with E-state index in [1.807, 2.05) is 19.9 Å². The van der Waals surface area contributed by atoms with Crippen molar-refractivity contribution in [3.63, 3.8) is 0 Å². The number of fused-ring (bicyclic) bond motifs is 1. The van der Waals surface area contributed by atoms with E-state index in [-0.39, 0.29) is 0 Å². The van der Waals surface area contributed by atoms with Crippen molar-refractivity contribution in [2.75, 3.05) is 0 Å². The molecule has 0 atom stereocenters. The molecule has 0 aliphatic carbocycles. The summed E-state index contributed by atoms with van der Waals surface area (Å²) in [6.45, 7) is 8.11. The number of aryl methyl sites for hydroxylation is 4. The number of thiophene rings is 1. The molecule has 0 N–H and O–H groups in total. The van der Waals surface area contributed by atoms with Gasteiger partial charge in [-0.2, -0.15) is 0 Å². The zero-order valence-corrected chi connectivity index (χ0v) is 13.5. The van der Waals surface area contributed by atoms with Crippen LogP contribution in [0.2, 0.25) is 0 Å². The highest BCUT2D eigenvalue weighted by atomic mass is 32.2. The Kier molecular flexibility index (Phi) is 3.52. The number of nitrogens with zero attached hydrogens (tertiary/aromatic N) is 3. The highest BCUT2D eigenvalue weighted by molar-refractivity contribution is 7.98. The Morgan fingerprint density at radius 2 is 2.00 bits per heavy atom. The molecular weight excluding hydrogens is 290 g/mol. The van der Waals surface area contributed by atoms with Gasteiger partial charge in [-0.3, -0.25) is 0 Å². The van der Waals surface area contributed by atoms with Crippen LogP contribution in [0.4, 0.5) is 0 Å². The summed E-state index contributed by atoms with van der Waals surface area (Å²) < 4.78 is 5.10. The summed E-state index contributed by atoms with van der Waals surface area (Å²) in [6.07, 6.45) is 0. The van der Waals surface area contributed by atoms with Crippen LogP contribution in [0, 0.1) is 27.7 Å². The van der Waals surface area contributed by atoms with Gasteiger partial charge in [0.25, 0.3) is 0 Å². The Morgan fingerprint density at radius 3 is 2.70 bits per heavy atom. The van der Waals surface area contributed by atoms with Crippen molar-refractivity contribution in [1.29, 1.82) is 0 Å². The van der Waals surface area contributed by atoms with Gasteiger partial charge in [-0.25, -0.2) is 9.97 Å². The fourth-order valence-electron chi connectivity index (χ4n) is 2.05. The molecule has 0 fully saturated rings. The van der Waals surface area contributed by atoms with Gasteiger partial charge in [0.15, 0.2) is 0 Å². The van der Waals surface area contributed by atoms with E-state index in [0.29, 0.717) is 0 Å². The van der Waals surface area contributed by atoms with Crippen LogP contribution in [0.1, 0.15) is 27.7 Å². The molecule has 104 valence electrons. The van der Waals surface area contributed by atoms with Crippen molar-refractivity contribution in [3.8, 4) is 0 Å². The molecule has 0 saturated heterocycles. The molecule has 3 rings (SSSR count). The molecule has 3 aromatic rings. The number of hydrogen-bond acceptors (Lipinski definition) is 6. The van der Waals surface area contributed by atoms with Crippen LogP contribution >= 0.6 is 23.1 Å². The molecule has 3 aromatic heterocycles. The molecular formula is C14H15N3OS2. The van der Waals surface area contributed by atoms with Crippen molar-refractivity contribution in [2.24, 2.45) is 0 Å². The van der Waals surface area contributed by atoms with Gasteiger partial charge in [-0.15, -0.1) is 11.3 Å². The van der Waals surface area contributed by atoms with Crippen LogP contribution < -0.4 is 0 Å². The van der Waals surface area contributed by atoms with E-state index in [1.165, 1.54) is 15.8 Å². The van der Waals surface area contributed by atoms with E-state index in [9.17, 15) is 0 Å². The summed E-state index contributed by atoms with van der Waals surface area (Å²) >= 11 is 3.43. The van der Waals surface area contributed by atoms with Crippen LogP contribution in [0.25, 0.3) is 10.2 Å². The van der Waals surface area contributed by atoms with Crippen molar-refractivity contribution >= 4 is 33.3 Å². The second-order valence-electron chi connectivity index (χ2n) is 4.76. The second-order valence-corrected chi connectivity index (χ2v) is 6.92. The predicted octanol–water partition coefficient (Wildman–Crippen LogP) is 4.21. The van der Waals surface area contributed by atoms with Gasteiger partial charge in [0.2, 0.25) is 0 Å². The first-order chi connectivity index (χ1) is 9.54. The lowest BCUT2D eigenvalue weighted by Crippen LogP contribution is -1.92. The first-order valence-electron chi connectivity index (χ1n) is 6.34. The summed E-state index contributed by atoms with van der Waals surface area (Å²) in [5.41, 5.74) is 2.23. The van der Waals surface area contributed by atoms with Gasteiger partial charge in [0.05, 0.1) is 5.69 Å². The topological polar surface area (TPSA) is 51.8 Å². The number of hydrogen-bond donors (Lipinski definition) is 0. The maximum absolute atomic E-state index is 5.10. The van der Waals surface area contributed by atoms with E-state index in [1.54, 1.807) is 23.1 Å². The molecule has 0 aliphatic heterocycles. The first kappa shape index (κ1) is 13.6. The van der Waals surface area contributed by atoms with E-state index in [0.717, 1.165) is 32.9 Å². The molecule has 20 heavy (non-hydrogen) atoms. The summed E-state index contributed by atoms with van der Waals surface area (Å²) in [7, 11) is 0. The molecule has 0 spiro atoms. The van der Waals surface area contributed by atoms with Crippen molar-refractivity contribution in [3.05, 3.63) is 33.8 Å². The van der Waals surface area contributed by atoms with Crippen LogP contribution in [0.3, 0.4) is 0 Å². The highest BCUT2D eigenvalue weighted by Crippen LogP contribution is 2.36. The van der Waals surface area contributed by atoms with E-state index < -0.39 is 0 Å². The average molecular weight is 305 g/mol. The molecule has 0 bridgehead atoms. The van der Waals surface area contributed by atoms with Crippen molar-refractivity contribution in [1.82, 2.24) is 15.1 Å². The molecule has 6 heteroatoms. The van der Waals surface area contributed by atoms with Gasteiger partial charge in [0, 0.05) is 22.1 Å². The fourth-order valence-corrected chi connectivity index (χ4v) is 4.20. The van der Waals surface area contributed by atoms with E-state index in [2.05, 4.69) is 29.0 Å². The van der Waals surface area contributed by atoms with Gasteiger partial charge in [0.1, 0.15) is 21.4 Å². The van der Waals surface area contributed by atoms with Crippen LogP contribution in [0.15, 0.2) is 15.6 Å². The monoisotopic (exact) mass is 305 g/mol. The minimum Gasteiger partial charge on any atom is -0.361 e. The molecule has 0 radical (unpaired) electrons. The summed E-state index contributed by atoms with van der Waals surface area (Å²) in [5.74, 6) is 2.42. The molecule has 0 aromatic carbocycles. The number of rotatable bonds is 3. The molecule has 0 unspecified atom stereocenters. The minimum atomic E-state index is 0.761. The minimum absolute atomic E-state index is 0.761. The summed E-state index contributed by atoms with van der Waals surface area (Å²) in [4.78, 5) is 11.5. The highest BCUT2D eigenvalue weighted by Gasteiger charge is 2.14. The average Bonchev–Trinajstić information content (AvgIpc) is 2.92. The fraction of sp³-hybridized carbons (Fsp3) is 0.357. The Morgan fingerprint density at radius 1 is 1.20 bits per heavy atom. The standard InChI is InChI=1S/C14H15N3OS2/c1-7-5-11(17-18-7)6-19-13-12-8(2)9(3)20-14(12)16-10(4)15-13/h5H,6H2,1-4H3. The third-order valence-corrected chi connectivity index (χ3v) is 5.25. The molecule has 0 aliphatic rings. The van der Waals surface area contributed by atoms with Gasteiger partial charge in [-0.05, 0) is 33.3 Å². The number of thioether (sulfide) groups is 1. The van der Waals surface area contributed by atoms with Crippen LogP contribution in [-0.4, -0.2) is 15.1 Å². The first-order valence-corrected chi connectivity index (χ1v) is 8.14. The Hall–Kier alpha value is -1.40. The smallest absolute Gasteiger partial charge is 0.133 e. The van der Waals surface area contributed by atoms with E-state index >= 15 is 0 Å². The normalized spacial score (nSPS) is 11.4. The third-order valence-electron chi connectivity index (χ3n) is 3.14. The van der Waals surface area contributed by atoms with Gasteiger partial charge < -0.3 is 4.52 Å². The molecule has 0 saturated carbocycles. The quantitative estimate of drug-likeness (QED) is 0.536. The van der Waals surface area contributed by atoms with Crippen LogP contribution in [0.5, 0.6) is 0 Å². The lowest BCUT2D eigenvalue weighted by molar-refractivity contribution is 0.393. The summed E-state index contributed by atoms with van der Waals surface area (Å²) in [5, 5.41) is 6.25. The largest absolute Gasteiger partial charge is 0.361 e. The number of aromatic nitrogens is 3. The molecule has 4 nitrogen and oxygen atoms in total.